The van der Waals surface area contributed by atoms with E-state index in [0.717, 1.165) is 27.7 Å². The first-order chi connectivity index (χ1) is 14.4. The van der Waals surface area contributed by atoms with Gasteiger partial charge in [0.1, 0.15) is 18.8 Å². The summed E-state index contributed by atoms with van der Waals surface area (Å²) in [6, 6.07) is 9.07. The van der Waals surface area contributed by atoms with Gasteiger partial charge in [-0.2, -0.15) is 0 Å². The summed E-state index contributed by atoms with van der Waals surface area (Å²) >= 11 is 0. The van der Waals surface area contributed by atoms with E-state index in [0.29, 0.717) is 30.4 Å². The van der Waals surface area contributed by atoms with Gasteiger partial charge >= 0.3 is 5.97 Å². The van der Waals surface area contributed by atoms with Crippen LogP contribution in [0.1, 0.15) is 23.6 Å². The topological polar surface area (TPSA) is 87.0 Å². The minimum absolute atomic E-state index is 0.0249. The predicted molar refractivity (Wildman–Crippen MR) is 111 cm³/mol. The van der Waals surface area contributed by atoms with Crippen molar-refractivity contribution < 1.29 is 28.2 Å². The van der Waals surface area contributed by atoms with Crippen molar-refractivity contribution in [1.82, 2.24) is 0 Å². The number of aryl methyl sites for hydroxylation is 2. The molecule has 4 rings (SSSR count). The van der Waals surface area contributed by atoms with E-state index >= 15 is 0 Å². The molecule has 30 heavy (non-hydrogen) atoms. The Balaban J connectivity index is 1.37. The second-order valence-corrected chi connectivity index (χ2v) is 7.35. The first kappa shape index (κ1) is 19.8. The van der Waals surface area contributed by atoms with E-state index in [9.17, 15) is 9.59 Å². The fourth-order valence-corrected chi connectivity index (χ4v) is 3.29. The summed E-state index contributed by atoms with van der Waals surface area (Å²) in [5.41, 5.74) is 4.24. The summed E-state index contributed by atoms with van der Waals surface area (Å²) in [7, 11) is 0. The molecule has 0 radical (unpaired) electrons. The van der Waals surface area contributed by atoms with E-state index < -0.39 is 18.0 Å². The molecule has 0 aliphatic carbocycles. The molecule has 1 aliphatic rings. The maximum atomic E-state index is 12.4. The van der Waals surface area contributed by atoms with Gasteiger partial charge in [0.05, 0.1) is 12.7 Å². The highest BCUT2D eigenvalue weighted by atomic mass is 16.6. The quantitative estimate of drug-likeness (QED) is 0.643. The van der Waals surface area contributed by atoms with Crippen LogP contribution in [-0.2, 0) is 20.7 Å². The van der Waals surface area contributed by atoms with E-state index in [4.69, 9.17) is 18.6 Å². The Kier molecular flexibility index (Phi) is 5.35. The number of amides is 1. The molecule has 1 aromatic heterocycles. The minimum atomic E-state index is -0.951. The molecule has 0 fully saturated rings. The van der Waals surface area contributed by atoms with Gasteiger partial charge in [-0.05, 0) is 56.2 Å². The van der Waals surface area contributed by atoms with Crippen molar-refractivity contribution in [2.75, 3.05) is 18.5 Å². The molecular formula is C23H23NO6. The van der Waals surface area contributed by atoms with Crippen LogP contribution in [0, 0.1) is 13.8 Å². The molecular weight excluding hydrogens is 386 g/mol. The first-order valence-electron chi connectivity index (χ1n) is 9.78. The lowest BCUT2D eigenvalue weighted by Gasteiger charge is -2.19. The number of rotatable bonds is 5. The fraction of sp³-hybridized carbons (Fsp3) is 0.304. The lowest BCUT2D eigenvalue weighted by atomic mass is 10.0. The van der Waals surface area contributed by atoms with Crippen LogP contribution in [0.3, 0.4) is 0 Å². The van der Waals surface area contributed by atoms with Crippen molar-refractivity contribution in [3.05, 3.63) is 53.3 Å². The SMILES string of the molecule is Cc1cc2occ(CC(=O)O[C@H](C)C(=O)Nc3ccc4c(c3)OCCO4)c2cc1C. The van der Waals surface area contributed by atoms with Crippen LogP contribution in [0.25, 0.3) is 11.0 Å². The molecule has 1 aliphatic heterocycles. The summed E-state index contributed by atoms with van der Waals surface area (Å²) in [4.78, 5) is 24.8. The van der Waals surface area contributed by atoms with E-state index in [-0.39, 0.29) is 6.42 Å². The highest BCUT2D eigenvalue weighted by Gasteiger charge is 2.21. The van der Waals surface area contributed by atoms with Gasteiger partial charge in [-0.1, -0.05) is 0 Å². The van der Waals surface area contributed by atoms with E-state index in [1.807, 2.05) is 26.0 Å². The number of benzene rings is 2. The maximum absolute atomic E-state index is 12.4. The number of hydrogen-bond donors (Lipinski definition) is 1. The summed E-state index contributed by atoms with van der Waals surface area (Å²) in [5.74, 6) is 0.279. The van der Waals surface area contributed by atoms with Crippen LogP contribution in [0.15, 0.2) is 41.0 Å². The Morgan fingerprint density at radius 3 is 2.60 bits per heavy atom. The Morgan fingerprint density at radius 1 is 1.07 bits per heavy atom. The lowest BCUT2D eigenvalue weighted by molar-refractivity contribution is -0.152. The molecule has 7 heteroatoms. The van der Waals surface area contributed by atoms with Crippen LogP contribution in [0.2, 0.25) is 0 Å². The summed E-state index contributed by atoms with van der Waals surface area (Å²) < 4.78 is 21.9. The van der Waals surface area contributed by atoms with Gasteiger partial charge < -0.3 is 23.9 Å². The summed E-state index contributed by atoms with van der Waals surface area (Å²) in [5, 5.41) is 3.61. The summed E-state index contributed by atoms with van der Waals surface area (Å²) in [6.45, 7) is 6.50. The molecule has 1 atom stereocenters. The highest BCUT2D eigenvalue weighted by molar-refractivity contribution is 5.95. The number of anilines is 1. The van der Waals surface area contributed by atoms with Crippen LogP contribution < -0.4 is 14.8 Å². The van der Waals surface area contributed by atoms with Crippen molar-refractivity contribution in [2.24, 2.45) is 0 Å². The van der Waals surface area contributed by atoms with Gasteiger partial charge in [0.25, 0.3) is 5.91 Å². The molecule has 7 nitrogen and oxygen atoms in total. The number of nitrogens with one attached hydrogen (secondary N) is 1. The molecule has 0 saturated carbocycles. The van der Waals surface area contributed by atoms with Crippen LogP contribution >= 0.6 is 0 Å². The number of carbonyl (C=O) groups excluding carboxylic acids is 2. The first-order valence-corrected chi connectivity index (χ1v) is 9.78. The molecule has 0 saturated heterocycles. The van der Waals surface area contributed by atoms with Gasteiger partial charge in [0.2, 0.25) is 0 Å². The van der Waals surface area contributed by atoms with E-state index in [2.05, 4.69) is 5.32 Å². The Hall–Kier alpha value is -3.48. The number of carbonyl (C=O) groups is 2. The number of ether oxygens (including phenoxy) is 3. The molecule has 1 N–H and O–H groups in total. The third-order valence-corrected chi connectivity index (χ3v) is 5.09. The van der Waals surface area contributed by atoms with E-state index in [1.54, 1.807) is 24.5 Å². The van der Waals surface area contributed by atoms with Gasteiger partial charge in [-0.25, -0.2) is 0 Å². The van der Waals surface area contributed by atoms with Crippen molar-refractivity contribution in [3.63, 3.8) is 0 Å². The third-order valence-electron chi connectivity index (χ3n) is 5.09. The Labute approximate surface area is 173 Å². The van der Waals surface area contributed by atoms with Gasteiger partial charge in [0, 0.05) is 22.7 Å². The van der Waals surface area contributed by atoms with Crippen LogP contribution in [0.5, 0.6) is 11.5 Å². The number of furan rings is 1. The zero-order valence-corrected chi connectivity index (χ0v) is 17.1. The van der Waals surface area contributed by atoms with Gasteiger partial charge in [-0.3, -0.25) is 9.59 Å². The normalized spacial score (nSPS) is 13.7. The standard InChI is InChI=1S/C23H23NO6/c1-13-8-18-16(12-29-20(18)9-14(13)2)10-22(25)30-15(3)23(26)24-17-4-5-19-21(11-17)28-7-6-27-19/h4-5,8-9,11-12,15H,6-7,10H2,1-3H3,(H,24,26)/t15-/m1/s1. The second kappa shape index (κ2) is 8.10. The monoisotopic (exact) mass is 409 g/mol. The molecule has 156 valence electrons. The molecule has 2 aromatic carbocycles. The molecule has 0 bridgehead atoms. The highest BCUT2D eigenvalue weighted by Crippen LogP contribution is 2.32. The van der Waals surface area contributed by atoms with Gasteiger partial charge in [0.15, 0.2) is 17.6 Å². The molecule has 1 amide bonds. The molecule has 3 aromatic rings. The van der Waals surface area contributed by atoms with Crippen molar-refractivity contribution in [2.45, 2.75) is 33.3 Å². The van der Waals surface area contributed by atoms with Crippen LogP contribution in [0.4, 0.5) is 5.69 Å². The minimum Gasteiger partial charge on any atom is -0.486 e. The molecule has 0 spiro atoms. The molecule has 2 heterocycles. The zero-order valence-electron chi connectivity index (χ0n) is 17.1. The zero-order chi connectivity index (χ0) is 21.3. The van der Waals surface area contributed by atoms with Crippen molar-refractivity contribution in [3.8, 4) is 11.5 Å². The second-order valence-electron chi connectivity index (χ2n) is 7.35. The summed E-state index contributed by atoms with van der Waals surface area (Å²) in [6.07, 6.45) is 0.634. The Bertz CT molecular complexity index is 1120. The average Bonchev–Trinajstić information content (AvgIpc) is 3.09. The van der Waals surface area contributed by atoms with E-state index in [1.165, 1.54) is 6.92 Å². The lowest BCUT2D eigenvalue weighted by Crippen LogP contribution is -2.30. The van der Waals surface area contributed by atoms with Gasteiger partial charge in [-0.15, -0.1) is 0 Å². The number of fused-ring (bicyclic) bond motifs is 2. The van der Waals surface area contributed by atoms with Crippen molar-refractivity contribution in [1.29, 1.82) is 0 Å². The average molecular weight is 409 g/mol. The fourth-order valence-electron chi connectivity index (χ4n) is 3.29. The maximum Gasteiger partial charge on any atom is 0.311 e. The Morgan fingerprint density at radius 2 is 1.80 bits per heavy atom. The van der Waals surface area contributed by atoms with Crippen LogP contribution in [-0.4, -0.2) is 31.2 Å². The largest absolute Gasteiger partial charge is 0.486 e. The number of hydrogen-bond acceptors (Lipinski definition) is 6. The number of esters is 1. The predicted octanol–water partition coefficient (Wildman–Crippen LogP) is 3.93. The smallest absolute Gasteiger partial charge is 0.311 e. The molecule has 0 unspecified atom stereocenters. The third kappa shape index (κ3) is 4.10. The van der Waals surface area contributed by atoms with Crippen molar-refractivity contribution >= 4 is 28.5 Å².